The second-order valence-corrected chi connectivity index (χ2v) is 7.50. The zero-order chi connectivity index (χ0) is 22.9. The van der Waals surface area contributed by atoms with Gasteiger partial charge in [0.15, 0.2) is 17.1 Å². The van der Waals surface area contributed by atoms with E-state index in [1.807, 2.05) is 0 Å². The maximum atomic E-state index is 14.8. The Bertz CT molecular complexity index is 1260. The molecule has 1 saturated heterocycles. The van der Waals surface area contributed by atoms with Gasteiger partial charge in [-0.15, -0.1) is 0 Å². The van der Waals surface area contributed by atoms with E-state index in [2.05, 4.69) is 10.6 Å². The third-order valence-corrected chi connectivity index (χ3v) is 5.29. The van der Waals surface area contributed by atoms with E-state index in [4.69, 9.17) is 4.74 Å². The summed E-state index contributed by atoms with van der Waals surface area (Å²) >= 11 is 0. The molecule has 0 aliphatic carbocycles. The number of hydrogen-bond donors (Lipinski definition) is 2. The maximum absolute atomic E-state index is 14.8. The zero-order valence-corrected chi connectivity index (χ0v) is 17.0. The van der Waals surface area contributed by atoms with E-state index in [0.717, 1.165) is 6.07 Å². The molecular weight excluding hydrogens is 420 g/mol. The number of pyridine rings is 1. The molecule has 1 aliphatic heterocycles. The quantitative estimate of drug-likeness (QED) is 0.578. The van der Waals surface area contributed by atoms with E-state index in [1.165, 1.54) is 47.2 Å². The van der Waals surface area contributed by atoms with Crippen molar-refractivity contribution in [1.29, 1.82) is 0 Å². The van der Waals surface area contributed by atoms with Crippen molar-refractivity contribution in [2.45, 2.75) is 25.6 Å². The predicted molar refractivity (Wildman–Crippen MR) is 111 cm³/mol. The Labute approximate surface area is 181 Å². The van der Waals surface area contributed by atoms with Crippen molar-refractivity contribution < 1.29 is 23.1 Å². The number of rotatable bonds is 6. The minimum atomic E-state index is -1.68. The fraction of sp³-hybridized carbons (Fsp3) is 0.174. The second-order valence-electron chi connectivity index (χ2n) is 7.50. The number of aryl methyl sites for hydroxylation is 1. The summed E-state index contributed by atoms with van der Waals surface area (Å²) in [7, 11) is 0. The smallest absolute Gasteiger partial charge is 0.322 e. The summed E-state index contributed by atoms with van der Waals surface area (Å²) in [5.41, 5.74) is -0.748. The molecule has 2 N–H and O–H groups in total. The molecule has 1 aliphatic rings. The van der Waals surface area contributed by atoms with Gasteiger partial charge in [-0.1, -0.05) is 24.3 Å². The average molecular weight is 439 g/mol. The van der Waals surface area contributed by atoms with Crippen LogP contribution in [0.4, 0.5) is 13.6 Å². The minimum absolute atomic E-state index is 0.0115. The highest BCUT2D eigenvalue weighted by molar-refractivity contribution is 6.07. The van der Waals surface area contributed by atoms with Gasteiger partial charge in [-0.05, 0) is 48.4 Å². The van der Waals surface area contributed by atoms with Crippen LogP contribution in [0.25, 0.3) is 0 Å². The number of halogens is 2. The van der Waals surface area contributed by atoms with Crippen molar-refractivity contribution in [2.24, 2.45) is 0 Å². The average Bonchev–Trinajstić information content (AvgIpc) is 3.05. The van der Waals surface area contributed by atoms with Crippen LogP contribution in [-0.2, 0) is 23.5 Å². The third kappa shape index (κ3) is 3.96. The summed E-state index contributed by atoms with van der Waals surface area (Å²) in [5, 5.41) is 4.69. The number of hydrogen-bond acceptors (Lipinski definition) is 4. The predicted octanol–water partition coefficient (Wildman–Crippen LogP) is 2.75. The molecule has 2 aromatic carbocycles. The Morgan fingerprint density at radius 3 is 2.44 bits per heavy atom. The van der Waals surface area contributed by atoms with Crippen molar-refractivity contribution in [3.63, 3.8) is 0 Å². The van der Waals surface area contributed by atoms with Crippen LogP contribution in [0.3, 0.4) is 0 Å². The van der Waals surface area contributed by atoms with Crippen LogP contribution in [-0.4, -0.2) is 16.5 Å². The maximum Gasteiger partial charge on any atom is 0.322 e. The molecule has 9 heteroatoms. The summed E-state index contributed by atoms with van der Waals surface area (Å²) < 4.78 is 34.6. The highest BCUT2D eigenvalue weighted by Gasteiger charge is 2.48. The molecule has 7 nitrogen and oxygen atoms in total. The molecule has 2 heterocycles. The Balaban J connectivity index is 1.65. The van der Waals surface area contributed by atoms with Crippen molar-refractivity contribution in [2.75, 3.05) is 0 Å². The first-order valence-electron chi connectivity index (χ1n) is 9.75. The number of urea groups is 1. The van der Waals surface area contributed by atoms with E-state index in [9.17, 15) is 23.2 Å². The van der Waals surface area contributed by atoms with E-state index >= 15 is 0 Å². The first kappa shape index (κ1) is 21.2. The number of nitrogens with zero attached hydrogens (tertiary/aromatic N) is 1. The lowest BCUT2D eigenvalue weighted by Crippen LogP contribution is -2.49. The standard InChI is InChI=1S/C23H19F2N3O4/c1-14-3-2-10-28(20(14)29)13-23(21(30)26-22(31)27-23)16-6-9-19(18(25)11-16)32-12-15-4-7-17(24)8-5-15/h2-11H,12-13H2,1H3,(H2,26,27,30,31). The second kappa shape index (κ2) is 8.26. The molecule has 0 spiro atoms. The SMILES string of the molecule is Cc1cccn(CC2(c3ccc(OCc4ccc(F)cc4)c(F)c3)NC(=O)NC2=O)c1=O. The molecule has 0 bridgehead atoms. The molecule has 1 atom stereocenters. The van der Waals surface area contributed by atoms with Crippen molar-refractivity contribution in [3.05, 3.63) is 99.5 Å². The van der Waals surface area contributed by atoms with Crippen molar-refractivity contribution in [3.8, 4) is 5.75 Å². The van der Waals surface area contributed by atoms with Gasteiger partial charge in [0.2, 0.25) is 0 Å². The summed E-state index contributed by atoms with van der Waals surface area (Å²) in [6.45, 7) is 1.42. The van der Waals surface area contributed by atoms with Gasteiger partial charge < -0.3 is 14.6 Å². The van der Waals surface area contributed by atoms with Crippen LogP contribution >= 0.6 is 0 Å². The number of imide groups is 1. The molecule has 3 aromatic rings. The first-order chi connectivity index (χ1) is 15.3. The number of benzene rings is 2. The molecule has 32 heavy (non-hydrogen) atoms. The van der Waals surface area contributed by atoms with Gasteiger partial charge in [-0.3, -0.25) is 14.9 Å². The van der Waals surface area contributed by atoms with Crippen LogP contribution in [0.1, 0.15) is 16.7 Å². The van der Waals surface area contributed by atoms with Crippen LogP contribution in [0.5, 0.6) is 5.75 Å². The lowest BCUT2D eigenvalue weighted by atomic mass is 9.89. The summed E-state index contributed by atoms with van der Waals surface area (Å²) in [4.78, 5) is 37.2. The Morgan fingerprint density at radius 2 is 1.78 bits per heavy atom. The van der Waals surface area contributed by atoms with E-state index in [1.54, 1.807) is 19.1 Å². The molecule has 1 fully saturated rings. The lowest BCUT2D eigenvalue weighted by molar-refractivity contribution is -0.124. The summed E-state index contributed by atoms with van der Waals surface area (Å²) in [6, 6.07) is 12.0. The fourth-order valence-electron chi connectivity index (χ4n) is 3.56. The van der Waals surface area contributed by atoms with Crippen LogP contribution in [0.15, 0.2) is 65.6 Å². The van der Waals surface area contributed by atoms with Gasteiger partial charge in [0.05, 0.1) is 6.54 Å². The normalized spacial score (nSPS) is 17.7. The molecule has 4 rings (SSSR count). The lowest BCUT2D eigenvalue weighted by Gasteiger charge is -2.27. The largest absolute Gasteiger partial charge is 0.486 e. The van der Waals surface area contributed by atoms with E-state index in [0.29, 0.717) is 11.1 Å². The molecule has 1 unspecified atom stereocenters. The Kier molecular flexibility index (Phi) is 5.48. The van der Waals surface area contributed by atoms with Gasteiger partial charge >= 0.3 is 6.03 Å². The third-order valence-electron chi connectivity index (χ3n) is 5.29. The molecule has 164 valence electrons. The van der Waals surface area contributed by atoms with E-state index < -0.39 is 23.3 Å². The molecule has 3 amide bonds. The highest BCUT2D eigenvalue weighted by Crippen LogP contribution is 2.30. The van der Waals surface area contributed by atoms with Crippen LogP contribution in [0, 0.1) is 18.6 Å². The van der Waals surface area contributed by atoms with Gasteiger partial charge in [0, 0.05) is 11.8 Å². The van der Waals surface area contributed by atoms with Crippen molar-refractivity contribution >= 4 is 11.9 Å². The number of aromatic nitrogens is 1. The molecule has 0 radical (unpaired) electrons. The van der Waals surface area contributed by atoms with Gasteiger partial charge in [-0.2, -0.15) is 0 Å². The van der Waals surface area contributed by atoms with Gasteiger partial charge in [0.25, 0.3) is 11.5 Å². The molecule has 0 saturated carbocycles. The monoisotopic (exact) mass is 439 g/mol. The Hall–Kier alpha value is -4.01. The summed E-state index contributed by atoms with van der Waals surface area (Å²) in [6.07, 6.45) is 1.49. The van der Waals surface area contributed by atoms with E-state index in [-0.39, 0.29) is 35.8 Å². The Morgan fingerprint density at radius 1 is 1.03 bits per heavy atom. The van der Waals surface area contributed by atoms with Crippen LogP contribution < -0.4 is 20.9 Å². The molecular formula is C23H19F2N3O4. The number of ether oxygens (including phenoxy) is 1. The number of amides is 3. The highest BCUT2D eigenvalue weighted by atomic mass is 19.1. The fourth-order valence-corrected chi connectivity index (χ4v) is 3.56. The number of carbonyl (C=O) groups is 2. The number of carbonyl (C=O) groups excluding carboxylic acids is 2. The summed E-state index contributed by atoms with van der Waals surface area (Å²) in [5.74, 6) is -1.92. The minimum Gasteiger partial charge on any atom is -0.486 e. The number of nitrogens with one attached hydrogen (secondary N) is 2. The topological polar surface area (TPSA) is 89.4 Å². The van der Waals surface area contributed by atoms with Crippen LogP contribution in [0.2, 0.25) is 0 Å². The zero-order valence-electron chi connectivity index (χ0n) is 17.0. The van der Waals surface area contributed by atoms with Gasteiger partial charge in [-0.25, -0.2) is 13.6 Å². The van der Waals surface area contributed by atoms with Crippen molar-refractivity contribution in [1.82, 2.24) is 15.2 Å². The molecule has 1 aromatic heterocycles. The first-order valence-corrected chi connectivity index (χ1v) is 9.75. The van der Waals surface area contributed by atoms with Gasteiger partial charge in [0.1, 0.15) is 12.4 Å².